The Bertz CT molecular complexity index is 1160. The lowest BCUT2D eigenvalue weighted by Crippen LogP contribution is -2.18. The van der Waals surface area contributed by atoms with Crippen molar-refractivity contribution in [3.8, 4) is 22.6 Å². The molecule has 0 spiro atoms. The lowest BCUT2D eigenvalue weighted by molar-refractivity contribution is 0.197. The van der Waals surface area contributed by atoms with Crippen molar-refractivity contribution in [1.82, 2.24) is 34.8 Å². The molecule has 0 bridgehead atoms. The number of fused-ring (bicyclic) bond motifs is 1. The summed E-state index contributed by atoms with van der Waals surface area (Å²) < 4.78 is 34.7. The van der Waals surface area contributed by atoms with Gasteiger partial charge in [0.2, 0.25) is 23.0 Å². The highest BCUT2D eigenvalue weighted by Gasteiger charge is 2.14. The fourth-order valence-electron chi connectivity index (χ4n) is 3.00. The minimum atomic E-state index is -2.13. The molecule has 0 aliphatic rings. The van der Waals surface area contributed by atoms with Crippen LogP contribution in [-0.2, 0) is 29.1 Å². The van der Waals surface area contributed by atoms with Gasteiger partial charge in [-0.3, -0.25) is 4.55 Å². The molecule has 162 valence electrons. The predicted molar refractivity (Wildman–Crippen MR) is 113 cm³/mol. The Morgan fingerprint density at radius 1 is 1.23 bits per heavy atom. The minimum absolute atomic E-state index is 0.179. The Morgan fingerprint density at radius 2 is 2.10 bits per heavy atom. The maximum atomic E-state index is 11.1. The van der Waals surface area contributed by atoms with E-state index >= 15 is 0 Å². The van der Waals surface area contributed by atoms with Crippen LogP contribution in [0.2, 0.25) is 0 Å². The standard InChI is InChI=1S/C19H21N7O4S/c1-29-6-5-20-11-18-24-19(25-30-18)15-8-13(10-22-31(27)28)7-14(9-15)16-12-26-17(23-16)3-2-4-21-26/h2-4,7-9,12,20,22H,5-6,10-11H2,1H3,(H,27,28). The number of hydrogen-bond donors (Lipinski definition) is 3. The smallest absolute Gasteiger partial charge is 0.240 e. The molecule has 4 aromatic rings. The van der Waals surface area contributed by atoms with Gasteiger partial charge in [0.1, 0.15) is 0 Å². The zero-order valence-corrected chi connectivity index (χ0v) is 17.5. The second-order valence-corrected chi connectivity index (χ2v) is 7.41. The summed E-state index contributed by atoms with van der Waals surface area (Å²) in [6.45, 7) is 1.85. The van der Waals surface area contributed by atoms with Crippen molar-refractivity contribution < 1.29 is 18.0 Å². The van der Waals surface area contributed by atoms with Crippen molar-refractivity contribution in [1.29, 1.82) is 0 Å². The van der Waals surface area contributed by atoms with Crippen LogP contribution in [0.25, 0.3) is 28.3 Å². The fraction of sp³-hybridized carbons (Fsp3) is 0.263. The monoisotopic (exact) mass is 443 g/mol. The molecule has 11 nitrogen and oxygen atoms in total. The van der Waals surface area contributed by atoms with Gasteiger partial charge in [-0.2, -0.15) is 10.1 Å². The highest BCUT2D eigenvalue weighted by molar-refractivity contribution is 7.77. The first kappa shape index (κ1) is 21.2. The maximum absolute atomic E-state index is 11.1. The number of aromatic nitrogens is 5. The third-order valence-electron chi connectivity index (χ3n) is 4.41. The molecule has 3 heterocycles. The van der Waals surface area contributed by atoms with E-state index in [0.717, 1.165) is 11.1 Å². The number of rotatable bonds is 10. The van der Waals surface area contributed by atoms with Crippen LogP contribution in [0.4, 0.5) is 0 Å². The van der Waals surface area contributed by atoms with Gasteiger partial charge in [0.25, 0.3) is 0 Å². The molecule has 0 fully saturated rings. The summed E-state index contributed by atoms with van der Waals surface area (Å²) >= 11 is -2.13. The maximum Gasteiger partial charge on any atom is 0.240 e. The molecule has 1 atom stereocenters. The van der Waals surface area contributed by atoms with E-state index in [1.165, 1.54) is 0 Å². The van der Waals surface area contributed by atoms with Crippen LogP contribution in [0, 0.1) is 0 Å². The molecule has 3 aromatic heterocycles. The molecule has 0 radical (unpaired) electrons. The summed E-state index contributed by atoms with van der Waals surface area (Å²) in [5, 5.41) is 11.5. The molecule has 0 saturated carbocycles. The first-order valence-electron chi connectivity index (χ1n) is 9.44. The average molecular weight is 443 g/mol. The van der Waals surface area contributed by atoms with Gasteiger partial charge in [-0.15, -0.1) is 0 Å². The van der Waals surface area contributed by atoms with Crippen LogP contribution in [0.1, 0.15) is 11.5 Å². The third kappa shape index (κ3) is 5.37. The number of hydrogen-bond acceptors (Lipinski definition) is 8. The van der Waals surface area contributed by atoms with Gasteiger partial charge in [-0.05, 0) is 35.9 Å². The largest absolute Gasteiger partial charge is 0.383 e. The second kappa shape index (κ2) is 9.85. The van der Waals surface area contributed by atoms with E-state index in [1.807, 2.05) is 36.5 Å². The summed E-state index contributed by atoms with van der Waals surface area (Å²) in [6, 6.07) is 9.30. The van der Waals surface area contributed by atoms with Gasteiger partial charge in [-0.25, -0.2) is 18.4 Å². The number of methoxy groups -OCH3 is 1. The van der Waals surface area contributed by atoms with Crippen molar-refractivity contribution in [3.63, 3.8) is 0 Å². The second-order valence-electron chi connectivity index (χ2n) is 6.62. The van der Waals surface area contributed by atoms with Gasteiger partial charge in [0.15, 0.2) is 5.65 Å². The fourth-order valence-corrected chi connectivity index (χ4v) is 3.29. The van der Waals surface area contributed by atoms with Crippen LogP contribution in [0.15, 0.2) is 47.2 Å². The minimum Gasteiger partial charge on any atom is -0.383 e. The highest BCUT2D eigenvalue weighted by atomic mass is 32.2. The first-order chi connectivity index (χ1) is 15.1. The molecule has 0 amide bonds. The van der Waals surface area contributed by atoms with Gasteiger partial charge in [0, 0.05) is 37.5 Å². The van der Waals surface area contributed by atoms with E-state index in [9.17, 15) is 4.21 Å². The number of benzene rings is 1. The van der Waals surface area contributed by atoms with E-state index in [1.54, 1.807) is 17.8 Å². The molecule has 0 saturated heterocycles. The summed E-state index contributed by atoms with van der Waals surface area (Å²) in [4.78, 5) is 9.05. The van der Waals surface area contributed by atoms with Crippen molar-refractivity contribution in [2.75, 3.05) is 20.3 Å². The topological polar surface area (TPSA) is 140 Å². The Morgan fingerprint density at radius 3 is 2.90 bits per heavy atom. The summed E-state index contributed by atoms with van der Waals surface area (Å²) in [5.74, 6) is 0.864. The van der Waals surface area contributed by atoms with E-state index in [2.05, 4.69) is 30.3 Å². The molecule has 31 heavy (non-hydrogen) atoms. The molecule has 1 aromatic carbocycles. The van der Waals surface area contributed by atoms with Crippen LogP contribution in [0.3, 0.4) is 0 Å². The van der Waals surface area contributed by atoms with Crippen molar-refractivity contribution in [3.05, 3.63) is 54.2 Å². The number of nitrogens with zero attached hydrogens (tertiary/aromatic N) is 5. The third-order valence-corrected chi connectivity index (χ3v) is 4.80. The summed E-state index contributed by atoms with van der Waals surface area (Å²) in [7, 11) is 1.64. The van der Waals surface area contributed by atoms with Gasteiger partial charge < -0.3 is 14.6 Å². The van der Waals surface area contributed by atoms with Crippen LogP contribution >= 0.6 is 0 Å². The lowest BCUT2D eigenvalue weighted by Gasteiger charge is -2.06. The Balaban J connectivity index is 1.65. The van der Waals surface area contributed by atoms with E-state index < -0.39 is 11.3 Å². The van der Waals surface area contributed by atoms with Crippen molar-refractivity contribution in [2.24, 2.45) is 0 Å². The molecule has 0 aliphatic heterocycles. The molecule has 3 N–H and O–H groups in total. The number of nitrogens with one attached hydrogen (secondary N) is 2. The Labute approximate surface area is 180 Å². The molecule has 0 aliphatic carbocycles. The average Bonchev–Trinajstić information content (AvgIpc) is 3.42. The molecular formula is C19H21N7O4S. The van der Waals surface area contributed by atoms with E-state index in [0.29, 0.717) is 48.3 Å². The highest BCUT2D eigenvalue weighted by Crippen LogP contribution is 2.27. The quantitative estimate of drug-likeness (QED) is 0.245. The summed E-state index contributed by atoms with van der Waals surface area (Å²) in [6.07, 6.45) is 3.50. The molecular weight excluding hydrogens is 422 g/mol. The van der Waals surface area contributed by atoms with Crippen LogP contribution in [0.5, 0.6) is 0 Å². The zero-order valence-electron chi connectivity index (χ0n) is 16.7. The number of imidazole rings is 1. The number of ether oxygens (including phenoxy) is 1. The van der Waals surface area contributed by atoms with Crippen LogP contribution in [-0.4, -0.2) is 53.8 Å². The molecule has 4 rings (SSSR count). The van der Waals surface area contributed by atoms with Gasteiger partial charge in [-0.1, -0.05) is 5.16 Å². The zero-order chi connectivity index (χ0) is 21.6. The molecule has 12 heteroatoms. The SMILES string of the molecule is COCCNCc1nc(-c2cc(CNS(=O)O)cc(-c3cn4ncccc4n3)c2)no1. The van der Waals surface area contributed by atoms with Gasteiger partial charge in [0.05, 0.1) is 25.0 Å². The first-order valence-corrected chi connectivity index (χ1v) is 10.5. The Hall–Kier alpha value is -3.03. The molecule has 1 unspecified atom stereocenters. The van der Waals surface area contributed by atoms with Gasteiger partial charge >= 0.3 is 0 Å². The van der Waals surface area contributed by atoms with E-state index in [4.69, 9.17) is 13.8 Å². The lowest BCUT2D eigenvalue weighted by atomic mass is 10.0. The summed E-state index contributed by atoms with van der Waals surface area (Å²) in [5.41, 5.74) is 3.69. The van der Waals surface area contributed by atoms with E-state index in [-0.39, 0.29) is 6.54 Å². The van der Waals surface area contributed by atoms with Crippen LogP contribution < -0.4 is 10.0 Å². The van der Waals surface area contributed by atoms with Crippen molar-refractivity contribution in [2.45, 2.75) is 13.1 Å². The Kier molecular flexibility index (Phi) is 6.74. The normalized spacial score (nSPS) is 12.5. The predicted octanol–water partition coefficient (Wildman–Crippen LogP) is 1.41. The van der Waals surface area contributed by atoms with Crippen molar-refractivity contribution >= 4 is 16.9 Å².